The van der Waals surface area contributed by atoms with Gasteiger partial charge in [-0.2, -0.15) is 0 Å². The van der Waals surface area contributed by atoms with Gasteiger partial charge in [-0.3, -0.25) is 0 Å². The molecule has 0 unspecified atom stereocenters. The van der Waals surface area contributed by atoms with Crippen LogP contribution in [0.15, 0.2) is 30.3 Å². The number of hydrogen-bond acceptors (Lipinski definition) is 0. The number of halogens is 1. The molecule has 71 valence electrons. The van der Waals surface area contributed by atoms with E-state index in [1.807, 2.05) is 12.1 Å². The van der Waals surface area contributed by atoms with Crippen molar-refractivity contribution in [1.29, 1.82) is 0 Å². The van der Waals surface area contributed by atoms with Crippen LogP contribution in [0.25, 0.3) is 10.8 Å². The Morgan fingerprint density at radius 1 is 1.14 bits per heavy atom. The van der Waals surface area contributed by atoms with Crippen molar-refractivity contribution in [3.05, 3.63) is 53.4 Å². The maximum Gasteiger partial charge on any atom is 0.0484 e. The summed E-state index contributed by atoms with van der Waals surface area (Å²) in [7, 11) is 0. The topological polar surface area (TPSA) is 0 Å². The van der Waals surface area contributed by atoms with Crippen molar-refractivity contribution in [3.63, 3.8) is 0 Å². The standard InChI is InChI=1S/C13H12Cl/c1-3-10-9(2)7-8-12-11(10)5-4-6-13(12)14/h4-8H,1,3H2,2H3. The van der Waals surface area contributed by atoms with Crippen LogP contribution in [0.2, 0.25) is 5.02 Å². The number of hydrogen-bond donors (Lipinski definition) is 0. The van der Waals surface area contributed by atoms with Gasteiger partial charge in [0, 0.05) is 10.4 Å². The molecular formula is C13H12Cl. The number of benzene rings is 2. The van der Waals surface area contributed by atoms with Crippen LogP contribution in [-0.4, -0.2) is 0 Å². The summed E-state index contributed by atoms with van der Waals surface area (Å²) < 4.78 is 0. The van der Waals surface area contributed by atoms with Gasteiger partial charge in [0.2, 0.25) is 0 Å². The van der Waals surface area contributed by atoms with Gasteiger partial charge in [-0.15, -0.1) is 0 Å². The van der Waals surface area contributed by atoms with Crippen LogP contribution < -0.4 is 0 Å². The fourth-order valence-corrected chi connectivity index (χ4v) is 2.06. The Bertz CT molecular complexity index is 472. The van der Waals surface area contributed by atoms with Gasteiger partial charge in [-0.1, -0.05) is 35.9 Å². The van der Waals surface area contributed by atoms with Crippen LogP contribution in [0, 0.1) is 13.8 Å². The third kappa shape index (κ3) is 1.40. The quantitative estimate of drug-likeness (QED) is 0.653. The molecule has 0 aliphatic rings. The first kappa shape index (κ1) is 9.54. The van der Waals surface area contributed by atoms with E-state index >= 15 is 0 Å². The van der Waals surface area contributed by atoms with E-state index in [-0.39, 0.29) is 0 Å². The minimum absolute atomic E-state index is 0.809. The monoisotopic (exact) mass is 203 g/mol. The highest BCUT2D eigenvalue weighted by atomic mass is 35.5. The van der Waals surface area contributed by atoms with Gasteiger partial charge in [0.05, 0.1) is 0 Å². The van der Waals surface area contributed by atoms with E-state index in [2.05, 4.69) is 32.0 Å². The summed E-state index contributed by atoms with van der Waals surface area (Å²) >= 11 is 6.12. The summed E-state index contributed by atoms with van der Waals surface area (Å²) in [6.45, 7) is 6.07. The predicted octanol–water partition coefficient (Wildman–Crippen LogP) is 4.18. The largest absolute Gasteiger partial charge is 0.0837 e. The molecule has 0 atom stereocenters. The fourth-order valence-electron chi connectivity index (χ4n) is 1.82. The molecule has 0 fully saturated rings. The van der Waals surface area contributed by atoms with Crippen molar-refractivity contribution in [3.8, 4) is 0 Å². The SMILES string of the molecule is [CH2]Cc1c(C)ccc2c(Cl)cccc12. The van der Waals surface area contributed by atoms with Gasteiger partial charge in [0.1, 0.15) is 0 Å². The van der Waals surface area contributed by atoms with Crippen molar-refractivity contribution in [1.82, 2.24) is 0 Å². The summed E-state index contributed by atoms with van der Waals surface area (Å²) in [4.78, 5) is 0. The molecule has 2 aromatic carbocycles. The van der Waals surface area contributed by atoms with E-state index in [9.17, 15) is 0 Å². The first-order valence-electron chi connectivity index (χ1n) is 4.70. The lowest BCUT2D eigenvalue weighted by atomic mass is 9.98. The summed E-state index contributed by atoms with van der Waals surface area (Å²) in [5, 5.41) is 3.17. The lowest BCUT2D eigenvalue weighted by Crippen LogP contribution is -1.89. The molecular weight excluding hydrogens is 192 g/mol. The van der Waals surface area contributed by atoms with Crippen molar-refractivity contribution in [2.45, 2.75) is 13.3 Å². The normalized spacial score (nSPS) is 10.8. The van der Waals surface area contributed by atoms with Gasteiger partial charge in [-0.05, 0) is 42.8 Å². The molecule has 0 heterocycles. The van der Waals surface area contributed by atoms with E-state index in [1.165, 1.54) is 16.5 Å². The van der Waals surface area contributed by atoms with Crippen molar-refractivity contribution >= 4 is 22.4 Å². The minimum atomic E-state index is 0.809. The zero-order chi connectivity index (χ0) is 10.1. The summed E-state index contributed by atoms with van der Waals surface area (Å²) in [6, 6.07) is 10.2. The molecule has 2 rings (SSSR count). The van der Waals surface area contributed by atoms with E-state index < -0.39 is 0 Å². The molecule has 0 bridgehead atoms. The first-order chi connectivity index (χ1) is 6.74. The third-order valence-corrected chi connectivity index (χ3v) is 2.93. The third-order valence-electron chi connectivity index (χ3n) is 2.60. The molecule has 0 N–H and O–H groups in total. The minimum Gasteiger partial charge on any atom is -0.0837 e. The molecule has 0 aromatic heterocycles. The van der Waals surface area contributed by atoms with E-state index in [1.54, 1.807) is 0 Å². The van der Waals surface area contributed by atoms with Gasteiger partial charge in [0.15, 0.2) is 0 Å². The van der Waals surface area contributed by atoms with Crippen LogP contribution in [-0.2, 0) is 6.42 Å². The lowest BCUT2D eigenvalue weighted by molar-refractivity contribution is 1.24. The van der Waals surface area contributed by atoms with Crippen molar-refractivity contribution in [2.24, 2.45) is 0 Å². The Morgan fingerprint density at radius 2 is 1.93 bits per heavy atom. The smallest absolute Gasteiger partial charge is 0.0484 e. The second kappa shape index (κ2) is 3.62. The lowest BCUT2D eigenvalue weighted by Gasteiger charge is -2.08. The van der Waals surface area contributed by atoms with E-state index in [0.29, 0.717) is 0 Å². The Labute approximate surface area is 89.5 Å². The average Bonchev–Trinajstić information content (AvgIpc) is 2.18. The second-order valence-corrected chi connectivity index (χ2v) is 3.85. The maximum absolute atomic E-state index is 6.12. The Hall–Kier alpha value is -1.01. The Balaban J connectivity index is 2.88. The fraction of sp³-hybridized carbons (Fsp3) is 0.154. The molecule has 0 saturated heterocycles. The number of fused-ring (bicyclic) bond motifs is 1. The average molecular weight is 204 g/mol. The van der Waals surface area contributed by atoms with Crippen molar-refractivity contribution in [2.75, 3.05) is 0 Å². The highest BCUT2D eigenvalue weighted by Gasteiger charge is 2.04. The molecule has 0 amide bonds. The van der Waals surface area contributed by atoms with Crippen LogP contribution in [0.3, 0.4) is 0 Å². The van der Waals surface area contributed by atoms with Crippen LogP contribution in [0.1, 0.15) is 11.1 Å². The Morgan fingerprint density at radius 3 is 2.64 bits per heavy atom. The first-order valence-corrected chi connectivity index (χ1v) is 5.08. The second-order valence-electron chi connectivity index (χ2n) is 3.45. The Kier molecular flexibility index (Phi) is 2.47. The molecule has 0 saturated carbocycles. The summed E-state index contributed by atoms with van der Waals surface area (Å²) in [5.74, 6) is 0. The van der Waals surface area contributed by atoms with Gasteiger partial charge in [0.25, 0.3) is 0 Å². The van der Waals surface area contributed by atoms with Crippen molar-refractivity contribution < 1.29 is 0 Å². The molecule has 0 aliphatic heterocycles. The highest BCUT2D eigenvalue weighted by Crippen LogP contribution is 2.28. The molecule has 14 heavy (non-hydrogen) atoms. The van der Waals surface area contributed by atoms with Crippen LogP contribution in [0.5, 0.6) is 0 Å². The van der Waals surface area contributed by atoms with E-state index in [4.69, 9.17) is 11.6 Å². The molecule has 0 aliphatic carbocycles. The predicted molar refractivity (Wildman–Crippen MR) is 62.8 cm³/mol. The maximum atomic E-state index is 6.12. The van der Waals surface area contributed by atoms with Crippen LogP contribution >= 0.6 is 11.6 Å². The molecule has 0 nitrogen and oxygen atoms in total. The molecule has 1 radical (unpaired) electrons. The van der Waals surface area contributed by atoms with Gasteiger partial charge < -0.3 is 0 Å². The molecule has 0 spiro atoms. The number of rotatable bonds is 1. The van der Waals surface area contributed by atoms with Gasteiger partial charge >= 0.3 is 0 Å². The zero-order valence-electron chi connectivity index (χ0n) is 8.18. The zero-order valence-corrected chi connectivity index (χ0v) is 8.93. The van der Waals surface area contributed by atoms with E-state index in [0.717, 1.165) is 16.8 Å². The number of aryl methyl sites for hydroxylation is 1. The summed E-state index contributed by atoms with van der Waals surface area (Å²) in [6.07, 6.45) is 0.809. The molecule has 2 aromatic rings. The highest BCUT2D eigenvalue weighted by molar-refractivity contribution is 6.35. The van der Waals surface area contributed by atoms with Crippen LogP contribution in [0.4, 0.5) is 0 Å². The van der Waals surface area contributed by atoms with Gasteiger partial charge in [-0.25, -0.2) is 0 Å². The molecule has 1 heteroatoms. The summed E-state index contributed by atoms with van der Waals surface area (Å²) in [5.41, 5.74) is 2.58.